The Hall–Kier alpha value is -3.86. The number of carbonyl (C=O) groups is 2. The van der Waals surface area contributed by atoms with Crippen LogP contribution < -0.4 is 10.2 Å². The Kier molecular flexibility index (Phi) is 6.09. The van der Waals surface area contributed by atoms with Crippen LogP contribution in [-0.4, -0.2) is 28.0 Å². The van der Waals surface area contributed by atoms with Gasteiger partial charge in [0.1, 0.15) is 10.7 Å². The highest BCUT2D eigenvalue weighted by molar-refractivity contribution is 9.10. The molecule has 1 amide bonds. The van der Waals surface area contributed by atoms with Crippen LogP contribution in [0.25, 0.3) is 0 Å². The van der Waals surface area contributed by atoms with E-state index in [1.807, 2.05) is 0 Å². The molecule has 0 aliphatic rings. The monoisotopic (exact) mass is 458 g/mol. The lowest BCUT2D eigenvalue weighted by atomic mass is 10.2. The van der Waals surface area contributed by atoms with E-state index in [4.69, 9.17) is 9.15 Å². The molecule has 0 saturated carbocycles. The van der Waals surface area contributed by atoms with Gasteiger partial charge in [0.05, 0.1) is 17.8 Å². The van der Waals surface area contributed by atoms with E-state index in [1.54, 1.807) is 24.4 Å². The first-order valence-corrected chi connectivity index (χ1v) is 8.72. The zero-order valence-corrected chi connectivity index (χ0v) is 16.0. The molecule has 3 aromatic rings. The summed E-state index contributed by atoms with van der Waals surface area (Å²) in [6, 6.07) is 10.1. The molecule has 146 valence electrons. The molecular formula is C18H11BrN4O6. The number of pyridine rings is 1. The number of hydrazone groups is 1. The standard InChI is InChI=1S/C18H11BrN4O6/c19-13-7-12(9-20-10-13)17(24)22-21-8-11-2-1-3-14(6-11)28-18(25)15-4-5-16(29-15)23(26)27/h1-10H,(H,22,24)/b21-8-. The Morgan fingerprint density at radius 3 is 2.79 bits per heavy atom. The fourth-order valence-electron chi connectivity index (χ4n) is 2.12. The summed E-state index contributed by atoms with van der Waals surface area (Å²) in [6.07, 6.45) is 4.31. The molecule has 3 rings (SSSR count). The predicted molar refractivity (Wildman–Crippen MR) is 104 cm³/mol. The Balaban J connectivity index is 1.62. The fraction of sp³-hybridized carbons (Fsp3) is 0. The number of ether oxygens (including phenoxy) is 1. The third-order valence-electron chi connectivity index (χ3n) is 3.39. The lowest BCUT2D eigenvalue weighted by Crippen LogP contribution is -2.17. The molecule has 10 nitrogen and oxygen atoms in total. The van der Waals surface area contributed by atoms with Gasteiger partial charge in [0, 0.05) is 16.9 Å². The second kappa shape index (κ2) is 8.89. The van der Waals surface area contributed by atoms with Crippen LogP contribution in [0.2, 0.25) is 0 Å². The minimum Gasteiger partial charge on any atom is -0.421 e. The van der Waals surface area contributed by atoms with Gasteiger partial charge in [-0.15, -0.1) is 0 Å². The second-order valence-electron chi connectivity index (χ2n) is 5.45. The fourth-order valence-corrected chi connectivity index (χ4v) is 2.48. The summed E-state index contributed by atoms with van der Waals surface area (Å²) in [4.78, 5) is 37.7. The number of nitro groups is 1. The van der Waals surface area contributed by atoms with Gasteiger partial charge in [-0.2, -0.15) is 5.10 Å². The number of nitrogens with one attached hydrogen (secondary N) is 1. The van der Waals surface area contributed by atoms with Crippen LogP contribution >= 0.6 is 15.9 Å². The van der Waals surface area contributed by atoms with Gasteiger partial charge in [-0.25, -0.2) is 10.2 Å². The number of nitrogens with zero attached hydrogens (tertiary/aromatic N) is 3. The van der Waals surface area contributed by atoms with Gasteiger partial charge < -0.3 is 9.15 Å². The molecule has 1 aromatic carbocycles. The first kappa shape index (κ1) is 19.9. The zero-order valence-electron chi connectivity index (χ0n) is 14.4. The first-order valence-electron chi connectivity index (χ1n) is 7.93. The summed E-state index contributed by atoms with van der Waals surface area (Å²) < 4.78 is 10.6. The third kappa shape index (κ3) is 5.32. The molecule has 0 saturated heterocycles. The van der Waals surface area contributed by atoms with Gasteiger partial charge in [0.2, 0.25) is 5.76 Å². The van der Waals surface area contributed by atoms with Crippen molar-refractivity contribution in [2.45, 2.75) is 0 Å². The topological polar surface area (TPSA) is 137 Å². The van der Waals surface area contributed by atoms with Crippen molar-refractivity contribution in [3.8, 4) is 5.75 Å². The van der Waals surface area contributed by atoms with E-state index >= 15 is 0 Å². The zero-order chi connectivity index (χ0) is 20.8. The Bertz CT molecular complexity index is 1110. The molecule has 0 aliphatic carbocycles. The molecule has 1 N–H and O–H groups in total. The second-order valence-corrected chi connectivity index (χ2v) is 6.36. The van der Waals surface area contributed by atoms with Crippen LogP contribution in [0.3, 0.4) is 0 Å². The van der Waals surface area contributed by atoms with Crippen LogP contribution in [0.4, 0.5) is 5.88 Å². The molecule has 0 spiro atoms. The van der Waals surface area contributed by atoms with Crippen LogP contribution in [0.1, 0.15) is 26.5 Å². The van der Waals surface area contributed by atoms with Crippen molar-refractivity contribution in [2.75, 3.05) is 0 Å². The summed E-state index contributed by atoms with van der Waals surface area (Å²) >= 11 is 3.23. The highest BCUT2D eigenvalue weighted by atomic mass is 79.9. The Labute approximate surface area is 171 Å². The van der Waals surface area contributed by atoms with Gasteiger partial charge in [-0.3, -0.25) is 19.9 Å². The lowest BCUT2D eigenvalue weighted by Gasteiger charge is -2.03. The molecule has 11 heteroatoms. The molecule has 0 fully saturated rings. The number of hydrogen-bond donors (Lipinski definition) is 1. The largest absolute Gasteiger partial charge is 0.433 e. The maximum Gasteiger partial charge on any atom is 0.433 e. The first-order chi connectivity index (χ1) is 13.9. The number of aromatic nitrogens is 1. The van der Waals surface area contributed by atoms with Crippen molar-refractivity contribution in [2.24, 2.45) is 5.10 Å². The Morgan fingerprint density at radius 1 is 1.24 bits per heavy atom. The van der Waals surface area contributed by atoms with E-state index in [1.165, 1.54) is 24.5 Å². The minimum absolute atomic E-state index is 0.167. The number of amides is 1. The lowest BCUT2D eigenvalue weighted by molar-refractivity contribution is -0.402. The van der Waals surface area contributed by atoms with Crippen LogP contribution in [-0.2, 0) is 0 Å². The summed E-state index contributed by atoms with van der Waals surface area (Å²) in [7, 11) is 0. The third-order valence-corrected chi connectivity index (χ3v) is 3.82. The number of carbonyl (C=O) groups excluding carboxylic acids is 2. The van der Waals surface area contributed by atoms with Gasteiger partial charge in [-0.1, -0.05) is 12.1 Å². The van der Waals surface area contributed by atoms with Gasteiger partial charge in [-0.05, 0) is 45.8 Å². The maximum absolute atomic E-state index is 12.0. The molecule has 2 aromatic heterocycles. The van der Waals surface area contributed by atoms with Gasteiger partial charge in [0.25, 0.3) is 5.91 Å². The summed E-state index contributed by atoms with van der Waals surface area (Å²) in [5, 5.41) is 14.5. The highest BCUT2D eigenvalue weighted by Gasteiger charge is 2.19. The highest BCUT2D eigenvalue weighted by Crippen LogP contribution is 2.19. The number of benzene rings is 1. The molecular weight excluding hydrogens is 448 g/mol. The molecule has 0 bridgehead atoms. The molecule has 0 unspecified atom stereocenters. The van der Waals surface area contributed by atoms with Crippen molar-refractivity contribution in [3.05, 3.63) is 86.3 Å². The van der Waals surface area contributed by atoms with Crippen LogP contribution in [0.15, 0.2) is 68.8 Å². The summed E-state index contributed by atoms with van der Waals surface area (Å²) in [6.45, 7) is 0. The average molecular weight is 459 g/mol. The minimum atomic E-state index is -0.886. The van der Waals surface area contributed by atoms with Crippen molar-refractivity contribution in [1.82, 2.24) is 10.4 Å². The van der Waals surface area contributed by atoms with Crippen LogP contribution in [0.5, 0.6) is 5.75 Å². The van der Waals surface area contributed by atoms with E-state index in [2.05, 4.69) is 31.4 Å². The van der Waals surface area contributed by atoms with Gasteiger partial charge >= 0.3 is 11.9 Å². The van der Waals surface area contributed by atoms with Gasteiger partial charge in [0.15, 0.2) is 0 Å². The molecule has 0 radical (unpaired) electrons. The van der Waals surface area contributed by atoms with E-state index in [0.717, 1.165) is 12.1 Å². The molecule has 0 aliphatic heterocycles. The van der Waals surface area contributed by atoms with E-state index in [-0.39, 0.29) is 11.5 Å². The SMILES string of the molecule is O=C(N/N=C\c1cccc(OC(=O)c2ccc([N+](=O)[O-])o2)c1)c1cncc(Br)c1. The number of furan rings is 1. The quantitative estimate of drug-likeness (QED) is 0.196. The summed E-state index contributed by atoms with van der Waals surface area (Å²) in [5.41, 5.74) is 3.22. The number of hydrogen-bond acceptors (Lipinski definition) is 8. The maximum atomic E-state index is 12.0. The van der Waals surface area contributed by atoms with E-state index in [9.17, 15) is 19.7 Å². The number of esters is 1. The predicted octanol–water partition coefficient (Wildman–Crippen LogP) is 3.33. The number of rotatable bonds is 6. The molecule has 0 atom stereocenters. The van der Waals surface area contributed by atoms with Crippen LogP contribution in [0, 0.1) is 10.1 Å². The number of halogens is 1. The van der Waals surface area contributed by atoms with Crippen molar-refractivity contribution < 1.29 is 23.7 Å². The van der Waals surface area contributed by atoms with Crippen molar-refractivity contribution in [3.63, 3.8) is 0 Å². The molecule has 29 heavy (non-hydrogen) atoms. The van der Waals surface area contributed by atoms with Crippen molar-refractivity contribution >= 4 is 39.9 Å². The molecule has 2 heterocycles. The Morgan fingerprint density at radius 2 is 2.07 bits per heavy atom. The normalized spacial score (nSPS) is 10.7. The average Bonchev–Trinajstić information content (AvgIpc) is 3.19. The summed E-state index contributed by atoms with van der Waals surface area (Å²) in [5.74, 6) is -2.03. The van der Waals surface area contributed by atoms with Crippen molar-refractivity contribution in [1.29, 1.82) is 0 Å². The van der Waals surface area contributed by atoms with E-state index in [0.29, 0.717) is 15.6 Å². The van der Waals surface area contributed by atoms with E-state index < -0.39 is 22.7 Å². The smallest absolute Gasteiger partial charge is 0.421 e.